The molecule has 1 aliphatic rings. The van der Waals surface area contributed by atoms with Crippen molar-refractivity contribution in [1.82, 2.24) is 0 Å². The van der Waals surface area contributed by atoms with Gasteiger partial charge in [0, 0.05) is 6.42 Å². The van der Waals surface area contributed by atoms with E-state index in [2.05, 4.69) is 6.58 Å². The molecule has 0 atom stereocenters. The van der Waals surface area contributed by atoms with Gasteiger partial charge in [0.25, 0.3) is 0 Å². The highest BCUT2D eigenvalue weighted by Crippen LogP contribution is 2.28. The number of carbonyl (C=O) groups is 1. The molecule has 0 amide bonds. The van der Waals surface area contributed by atoms with E-state index < -0.39 is 5.97 Å². The second-order valence-electron chi connectivity index (χ2n) is 3.29. The molecule has 62 valence electrons. The molecule has 0 heterocycles. The van der Waals surface area contributed by atoms with Gasteiger partial charge >= 0.3 is 5.97 Å². The lowest BCUT2D eigenvalue weighted by Crippen LogP contribution is -2.12. The smallest absolute Gasteiger partial charge is 0.303 e. The highest BCUT2D eigenvalue weighted by Gasteiger charge is 2.17. The van der Waals surface area contributed by atoms with Crippen LogP contribution in [0, 0.1) is 5.92 Å². The van der Waals surface area contributed by atoms with Crippen LogP contribution in [0.2, 0.25) is 0 Å². The van der Waals surface area contributed by atoms with Crippen LogP contribution in [0.1, 0.15) is 32.1 Å². The molecule has 0 aromatic carbocycles. The summed E-state index contributed by atoms with van der Waals surface area (Å²) >= 11 is 0. The van der Waals surface area contributed by atoms with E-state index in [1.807, 2.05) is 0 Å². The van der Waals surface area contributed by atoms with E-state index in [1.165, 1.54) is 5.57 Å². The minimum Gasteiger partial charge on any atom is -0.481 e. The first-order chi connectivity index (χ1) is 5.18. The average molecular weight is 154 g/mol. The van der Waals surface area contributed by atoms with Gasteiger partial charge in [-0.25, -0.2) is 0 Å². The summed E-state index contributed by atoms with van der Waals surface area (Å²) in [5, 5.41) is 8.51. The van der Waals surface area contributed by atoms with Crippen LogP contribution in [0.4, 0.5) is 0 Å². The van der Waals surface area contributed by atoms with Crippen LogP contribution in [-0.4, -0.2) is 11.1 Å². The zero-order valence-electron chi connectivity index (χ0n) is 6.68. The third kappa shape index (κ3) is 2.74. The summed E-state index contributed by atoms with van der Waals surface area (Å²) in [4.78, 5) is 10.3. The Bertz CT molecular complexity index is 162. The minimum absolute atomic E-state index is 0.341. The van der Waals surface area contributed by atoms with Crippen molar-refractivity contribution < 1.29 is 9.90 Å². The Kier molecular flexibility index (Phi) is 2.69. The van der Waals surface area contributed by atoms with Crippen molar-refractivity contribution in [1.29, 1.82) is 0 Å². The summed E-state index contributed by atoms with van der Waals surface area (Å²) in [6.07, 6.45) is 4.43. The van der Waals surface area contributed by atoms with Crippen molar-refractivity contribution in [2.75, 3.05) is 0 Å². The first-order valence-corrected chi connectivity index (χ1v) is 4.07. The molecule has 2 heteroatoms. The third-order valence-electron chi connectivity index (χ3n) is 2.28. The normalized spacial score (nSPS) is 20.2. The number of hydrogen-bond donors (Lipinski definition) is 1. The Labute approximate surface area is 66.9 Å². The van der Waals surface area contributed by atoms with Crippen molar-refractivity contribution in [3.05, 3.63) is 12.2 Å². The zero-order chi connectivity index (χ0) is 8.27. The fraction of sp³-hybridized carbons (Fsp3) is 0.667. The van der Waals surface area contributed by atoms with Crippen LogP contribution >= 0.6 is 0 Å². The molecule has 0 aromatic heterocycles. The number of carboxylic acids is 1. The van der Waals surface area contributed by atoms with Gasteiger partial charge in [-0.2, -0.15) is 0 Å². The van der Waals surface area contributed by atoms with E-state index in [1.54, 1.807) is 0 Å². The highest BCUT2D eigenvalue weighted by atomic mass is 16.4. The predicted molar refractivity (Wildman–Crippen MR) is 43.4 cm³/mol. The summed E-state index contributed by atoms with van der Waals surface area (Å²) in [6.45, 7) is 3.88. The van der Waals surface area contributed by atoms with Crippen LogP contribution in [0.5, 0.6) is 0 Å². The van der Waals surface area contributed by atoms with Gasteiger partial charge in [0.15, 0.2) is 0 Å². The SMILES string of the molecule is C=C1CCC(CC(=O)O)CC1. The van der Waals surface area contributed by atoms with Crippen molar-refractivity contribution in [2.45, 2.75) is 32.1 Å². The predicted octanol–water partition coefficient (Wildman–Crippen LogP) is 2.21. The first-order valence-electron chi connectivity index (χ1n) is 4.07. The molecule has 11 heavy (non-hydrogen) atoms. The Balaban J connectivity index is 2.28. The molecule has 1 fully saturated rings. The molecule has 0 radical (unpaired) electrons. The topological polar surface area (TPSA) is 37.3 Å². The maximum Gasteiger partial charge on any atom is 0.303 e. The largest absolute Gasteiger partial charge is 0.481 e. The van der Waals surface area contributed by atoms with Crippen molar-refractivity contribution in [3.8, 4) is 0 Å². The van der Waals surface area contributed by atoms with Crippen LogP contribution in [0.3, 0.4) is 0 Å². The molecular weight excluding hydrogens is 140 g/mol. The summed E-state index contributed by atoms with van der Waals surface area (Å²) in [5.74, 6) is -0.263. The molecule has 1 N–H and O–H groups in total. The van der Waals surface area contributed by atoms with Crippen molar-refractivity contribution in [2.24, 2.45) is 5.92 Å². The van der Waals surface area contributed by atoms with E-state index in [4.69, 9.17) is 5.11 Å². The van der Waals surface area contributed by atoms with E-state index in [0.717, 1.165) is 25.7 Å². The van der Waals surface area contributed by atoms with Crippen LogP contribution in [0.15, 0.2) is 12.2 Å². The van der Waals surface area contributed by atoms with Crippen LogP contribution in [0.25, 0.3) is 0 Å². The lowest BCUT2D eigenvalue weighted by Gasteiger charge is -2.21. The van der Waals surface area contributed by atoms with Crippen LogP contribution < -0.4 is 0 Å². The van der Waals surface area contributed by atoms with Crippen LogP contribution in [-0.2, 0) is 4.79 Å². The number of aliphatic carboxylic acids is 1. The maximum absolute atomic E-state index is 10.3. The van der Waals surface area contributed by atoms with Crippen molar-refractivity contribution in [3.63, 3.8) is 0 Å². The van der Waals surface area contributed by atoms with Gasteiger partial charge in [-0.1, -0.05) is 12.2 Å². The standard InChI is InChI=1S/C9H14O2/c1-7-2-4-8(5-3-7)6-9(10)11/h8H,1-6H2,(H,10,11). The maximum atomic E-state index is 10.3. The monoisotopic (exact) mass is 154 g/mol. The highest BCUT2D eigenvalue weighted by molar-refractivity contribution is 5.67. The summed E-state index contributed by atoms with van der Waals surface area (Å²) < 4.78 is 0. The molecule has 2 nitrogen and oxygen atoms in total. The summed E-state index contributed by atoms with van der Waals surface area (Å²) in [5.41, 5.74) is 1.28. The Hall–Kier alpha value is -0.790. The van der Waals surface area contributed by atoms with Gasteiger partial charge in [0.2, 0.25) is 0 Å². The van der Waals surface area contributed by atoms with Gasteiger partial charge in [-0.3, -0.25) is 4.79 Å². The first kappa shape index (κ1) is 8.31. The van der Waals surface area contributed by atoms with Gasteiger partial charge in [-0.05, 0) is 31.6 Å². The number of allylic oxidation sites excluding steroid dienone is 1. The summed E-state index contributed by atoms with van der Waals surface area (Å²) in [7, 11) is 0. The molecule has 0 spiro atoms. The Morgan fingerprint density at radius 1 is 1.55 bits per heavy atom. The molecule has 1 aliphatic carbocycles. The molecular formula is C9H14O2. The number of rotatable bonds is 2. The lowest BCUT2D eigenvalue weighted by atomic mass is 9.85. The van der Waals surface area contributed by atoms with E-state index in [9.17, 15) is 4.79 Å². The third-order valence-corrected chi connectivity index (χ3v) is 2.28. The number of carboxylic acid groups (broad SMARTS) is 1. The quantitative estimate of drug-likeness (QED) is 0.619. The number of hydrogen-bond acceptors (Lipinski definition) is 1. The molecule has 1 rings (SSSR count). The lowest BCUT2D eigenvalue weighted by molar-refractivity contribution is -0.138. The van der Waals surface area contributed by atoms with Gasteiger partial charge in [-0.15, -0.1) is 0 Å². The fourth-order valence-electron chi connectivity index (χ4n) is 1.54. The Morgan fingerprint density at radius 2 is 2.09 bits per heavy atom. The molecule has 0 bridgehead atoms. The van der Waals surface area contributed by atoms with Crippen molar-refractivity contribution >= 4 is 5.97 Å². The average Bonchev–Trinajstić information content (AvgIpc) is 1.93. The molecule has 0 aliphatic heterocycles. The minimum atomic E-state index is -0.664. The van der Waals surface area contributed by atoms with E-state index in [0.29, 0.717) is 12.3 Å². The second-order valence-corrected chi connectivity index (χ2v) is 3.29. The Morgan fingerprint density at radius 3 is 2.55 bits per heavy atom. The molecule has 0 unspecified atom stereocenters. The van der Waals surface area contributed by atoms with Gasteiger partial charge in [0.1, 0.15) is 0 Å². The fourth-order valence-corrected chi connectivity index (χ4v) is 1.54. The van der Waals surface area contributed by atoms with E-state index >= 15 is 0 Å². The molecule has 1 saturated carbocycles. The van der Waals surface area contributed by atoms with Gasteiger partial charge < -0.3 is 5.11 Å². The molecule has 0 aromatic rings. The van der Waals surface area contributed by atoms with E-state index in [-0.39, 0.29) is 0 Å². The summed E-state index contributed by atoms with van der Waals surface area (Å²) in [6, 6.07) is 0. The molecule has 0 saturated heterocycles. The van der Waals surface area contributed by atoms with Gasteiger partial charge in [0.05, 0.1) is 0 Å². The second kappa shape index (κ2) is 3.56. The zero-order valence-corrected chi connectivity index (χ0v) is 6.68.